The monoisotopic (exact) mass is 472 g/mol. The first kappa shape index (κ1) is 23.0. The van der Waals surface area contributed by atoms with E-state index in [9.17, 15) is 18.0 Å². The van der Waals surface area contributed by atoms with E-state index in [0.29, 0.717) is 50.2 Å². The van der Waals surface area contributed by atoms with E-state index in [2.05, 4.69) is 15.0 Å². The van der Waals surface area contributed by atoms with Crippen molar-refractivity contribution in [2.24, 2.45) is 26.8 Å². The normalized spacial score (nSPS) is 31.1. The van der Waals surface area contributed by atoms with Gasteiger partial charge in [-0.1, -0.05) is 24.3 Å². The highest BCUT2D eigenvalue weighted by molar-refractivity contribution is 6.41. The lowest BCUT2D eigenvalue weighted by atomic mass is 9.91. The van der Waals surface area contributed by atoms with E-state index in [4.69, 9.17) is 5.11 Å². The summed E-state index contributed by atoms with van der Waals surface area (Å²) >= 11 is 0. The third kappa shape index (κ3) is 4.45. The van der Waals surface area contributed by atoms with Crippen molar-refractivity contribution < 1.29 is 23.1 Å². The lowest BCUT2D eigenvalue weighted by Gasteiger charge is -2.21. The molecule has 34 heavy (non-hydrogen) atoms. The molecule has 3 heterocycles. The van der Waals surface area contributed by atoms with Crippen LogP contribution in [0.1, 0.15) is 49.1 Å². The second-order valence-corrected chi connectivity index (χ2v) is 9.51. The summed E-state index contributed by atoms with van der Waals surface area (Å²) in [6.45, 7) is 1.09. The molecule has 1 aliphatic carbocycles. The summed E-state index contributed by atoms with van der Waals surface area (Å²) in [5.41, 5.74) is 0.769. The first-order chi connectivity index (χ1) is 16.3. The van der Waals surface area contributed by atoms with Gasteiger partial charge >= 0.3 is 6.18 Å². The minimum atomic E-state index is -4.36. The first-order valence-electron chi connectivity index (χ1n) is 11.8. The van der Waals surface area contributed by atoms with Gasteiger partial charge in [-0.25, -0.2) is 9.98 Å². The highest BCUT2D eigenvalue weighted by atomic mass is 19.4. The van der Waals surface area contributed by atoms with Crippen molar-refractivity contribution in [2.45, 2.75) is 50.2 Å². The second kappa shape index (κ2) is 9.09. The molecule has 1 N–H and O–H groups in total. The Morgan fingerprint density at radius 1 is 1.15 bits per heavy atom. The van der Waals surface area contributed by atoms with Crippen molar-refractivity contribution in [3.63, 3.8) is 0 Å². The zero-order valence-corrected chi connectivity index (χ0v) is 18.7. The van der Waals surface area contributed by atoms with Gasteiger partial charge in [-0.3, -0.25) is 9.79 Å². The third-order valence-corrected chi connectivity index (χ3v) is 7.34. The van der Waals surface area contributed by atoms with Gasteiger partial charge in [-0.05, 0) is 67.1 Å². The maximum absolute atomic E-state index is 13.5. The second-order valence-electron chi connectivity index (χ2n) is 9.51. The number of benzene rings is 1. The minimum Gasteiger partial charge on any atom is -0.396 e. The molecule has 1 saturated carbocycles. The van der Waals surface area contributed by atoms with Crippen LogP contribution in [0.15, 0.2) is 50.9 Å². The van der Waals surface area contributed by atoms with Crippen LogP contribution >= 0.6 is 0 Å². The largest absolute Gasteiger partial charge is 0.416 e. The number of hydrogen-bond donors (Lipinski definition) is 1. The van der Waals surface area contributed by atoms with Gasteiger partial charge in [0.25, 0.3) is 5.91 Å². The lowest BCUT2D eigenvalue weighted by molar-refractivity contribution is -0.138. The predicted octanol–water partition coefficient (Wildman–Crippen LogP) is 4.01. The topological polar surface area (TPSA) is 77.6 Å². The van der Waals surface area contributed by atoms with Gasteiger partial charge < -0.3 is 10.0 Å². The van der Waals surface area contributed by atoms with Gasteiger partial charge in [0.05, 0.1) is 5.56 Å². The standard InChI is InChI=1S/C25H27F3N4O2/c26-25(27,28)20-6-2-1-5-19(20)16-10-17-13-32(14-18(17)11-16)24(34)23-30-21-7-3-4-15(8-9-33)12-29-22(21)31-23/h1-2,4-6,12,16-18,21,33H,3,7-11,13-14H2/b15-4-,29-12-/t16-,17-,18+,21-/m0/s1. The number of aliphatic imine (C=N–C) groups is 3. The van der Waals surface area contributed by atoms with Gasteiger partial charge in [0.15, 0.2) is 5.84 Å². The molecule has 1 amide bonds. The molecule has 0 aromatic heterocycles. The van der Waals surface area contributed by atoms with Crippen molar-refractivity contribution in [3.8, 4) is 0 Å². The Morgan fingerprint density at radius 3 is 2.59 bits per heavy atom. The number of rotatable bonds is 4. The number of carbonyl (C=O) groups excluding carboxylic acids is 1. The number of aliphatic hydroxyl groups is 1. The third-order valence-electron chi connectivity index (χ3n) is 7.34. The smallest absolute Gasteiger partial charge is 0.396 e. The van der Waals surface area contributed by atoms with Gasteiger partial charge in [0.1, 0.15) is 6.04 Å². The van der Waals surface area contributed by atoms with Crippen LogP contribution in [0.2, 0.25) is 0 Å². The molecule has 1 aromatic carbocycles. The molecule has 4 atom stereocenters. The highest BCUT2D eigenvalue weighted by Gasteiger charge is 2.46. The summed E-state index contributed by atoms with van der Waals surface area (Å²) in [7, 11) is 0. The molecule has 5 rings (SSSR count). The fourth-order valence-electron chi connectivity index (χ4n) is 5.73. The molecule has 0 radical (unpaired) electrons. The Labute approximate surface area is 196 Å². The number of carbonyl (C=O) groups is 1. The van der Waals surface area contributed by atoms with Crippen LogP contribution in [0.3, 0.4) is 0 Å². The number of halogens is 3. The van der Waals surface area contributed by atoms with Crippen molar-refractivity contribution in [1.29, 1.82) is 0 Å². The van der Waals surface area contributed by atoms with Crippen molar-refractivity contribution in [3.05, 3.63) is 47.0 Å². The fraction of sp³-hybridized carbons (Fsp3) is 0.520. The number of hydrogen-bond acceptors (Lipinski definition) is 5. The number of aliphatic hydroxyl groups excluding tert-OH is 1. The van der Waals surface area contributed by atoms with E-state index in [1.54, 1.807) is 23.2 Å². The average molecular weight is 473 g/mol. The van der Waals surface area contributed by atoms with Crippen LogP contribution in [0.4, 0.5) is 13.2 Å². The van der Waals surface area contributed by atoms with E-state index in [1.165, 1.54) is 6.07 Å². The highest BCUT2D eigenvalue weighted by Crippen LogP contribution is 2.48. The number of nitrogens with zero attached hydrogens (tertiary/aromatic N) is 4. The maximum atomic E-state index is 13.5. The Balaban J connectivity index is 1.24. The van der Waals surface area contributed by atoms with Crippen LogP contribution in [0, 0.1) is 11.8 Å². The summed E-state index contributed by atoms with van der Waals surface area (Å²) in [5.74, 6) is 0.694. The Morgan fingerprint density at radius 2 is 1.88 bits per heavy atom. The molecule has 9 heteroatoms. The molecular weight excluding hydrogens is 445 g/mol. The van der Waals surface area contributed by atoms with E-state index < -0.39 is 11.7 Å². The van der Waals surface area contributed by atoms with Crippen LogP contribution in [-0.4, -0.2) is 59.5 Å². The first-order valence-corrected chi connectivity index (χ1v) is 11.8. The summed E-state index contributed by atoms with van der Waals surface area (Å²) < 4.78 is 40.4. The van der Waals surface area contributed by atoms with Gasteiger partial charge in [-0.2, -0.15) is 13.2 Å². The predicted molar refractivity (Wildman–Crippen MR) is 123 cm³/mol. The van der Waals surface area contributed by atoms with Crippen LogP contribution in [0.5, 0.6) is 0 Å². The minimum absolute atomic E-state index is 0.0495. The molecule has 3 aliphatic heterocycles. The van der Waals surface area contributed by atoms with E-state index in [-0.39, 0.29) is 42.1 Å². The van der Waals surface area contributed by atoms with Crippen molar-refractivity contribution in [1.82, 2.24) is 4.90 Å². The molecule has 6 nitrogen and oxygen atoms in total. The van der Waals surface area contributed by atoms with Crippen molar-refractivity contribution in [2.75, 3.05) is 19.7 Å². The molecule has 4 aliphatic rings. The quantitative estimate of drug-likeness (QED) is 0.719. The molecule has 0 unspecified atom stereocenters. The molecule has 1 aromatic rings. The van der Waals surface area contributed by atoms with Crippen molar-refractivity contribution >= 4 is 23.8 Å². The Bertz CT molecular complexity index is 1080. The Kier molecular flexibility index (Phi) is 6.14. The number of fused-ring (bicyclic) bond motifs is 2. The zero-order valence-electron chi connectivity index (χ0n) is 18.7. The summed E-state index contributed by atoms with van der Waals surface area (Å²) in [5, 5.41) is 9.15. The summed E-state index contributed by atoms with van der Waals surface area (Å²) in [6, 6.07) is 5.61. The van der Waals surface area contributed by atoms with Gasteiger partial charge in [0.2, 0.25) is 5.84 Å². The van der Waals surface area contributed by atoms with Crippen LogP contribution < -0.4 is 0 Å². The summed E-state index contributed by atoms with van der Waals surface area (Å²) in [4.78, 5) is 28.2. The zero-order chi connectivity index (χ0) is 23.9. The number of likely N-dealkylation sites (tertiary alicyclic amines) is 1. The molecule has 1 saturated heterocycles. The molecule has 180 valence electrons. The van der Waals surface area contributed by atoms with Crippen LogP contribution in [0.25, 0.3) is 0 Å². The van der Waals surface area contributed by atoms with E-state index in [1.807, 2.05) is 6.08 Å². The fourth-order valence-corrected chi connectivity index (χ4v) is 5.73. The van der Waals surface area contributed by atoms with E-state index >= 15 is 0 Å². The van der Waals surface area contributed by atoms with Crippen LogP contribution in [-0.2, 0) is 11.0 Å². The Hall–Kier alpha value is -2.81. The SMILES string of the molecule is O=C(C1=N[C@H]2CC/C=C(CCO)\C=N/C2=N1)N1C[C@H]2C[C@@H](c3ccccc3C(F)(F)F)C[C@H]2C1. The van der Waals surface area contributed by atoms with Gasteiger partial charge in [0, 0.05) is 25.9 Å². The molecule has 2 fully saturated rings. The lowest BCUT2D eigenvalue weighted by Crippen LogP contribution is -2.34. The molecule has 0 bridgehead atoms. The summed E-state index contributed by atoms with van der Waals surface area (Å²) in [6.07, 6.45) is 2.65. The number of amides is 1. The maximum Gasteiger partial charge on any atom is 0.416 e. The van der Waals surface area contributed by atoms with Gasteiger partial charge in [-0.15, -0.1) is 0 Å². The molecular formula is C25H27F3N4O2. The number of amidine groups is 2. The van der Waals surface area contributed by atoms with E-state index in [0.717, 1.165) is 18.1 Å². The number of allylic oxidation sites excluding steroid dienone is 1. The molecule has 0 spiro atoms. The number of alkyl halides is 3. The average Bonchev–Trinajstić information content (AvgIpc) is 3.48.